The number of nitrogens with one attached hydrogen (secondary N) is 1. The molecule has 0 radical (unpaired) electrons. The number of fused-ring (bicyclic) bond motifs is 2. The number of aryl methyl sites for hydroxylation is 1. The molecule has 5 heterocycles. The van der Waals surface area contributed by atoms with Gasteiger partial charge in [0.25, 0.3) is 0 Å². The molecular weight excluding hydrogens is 526 g/mol. The first-order valence-electron chi connectivity index (χ1n) is 14.7. The van der Waals surface area contributed by atoms with Crippen molar-refractivity contribution in [3.63, 3.8) is 0 Å². The Morgan fingerprint density at radius 3 is 2.49 bits per heavy atom. The van der Waals surface area contributed by atoms with Crippen molar-refractivity contribution in [3.8, 4) is 5.88 Å². The lowest BCUT2D eigenvalue weighted by Gasteiger charge is -2.50. The van der Waals surface area contributed by atoms with Crippen LogP contribution in [0.4, 0.5) is 22.4 Å². The van der Waals surface area contributed by atoms with E-state index in [2.05, 4.69) is 20.2 Å². The minimum Gasteiger partial charge on any atom is -0.472 e. The maximum atomic E-state index is 12.7. The Morgan fingerprint density at radius 1 is 1.12 bits per heavy atom. The van der Waals surface area contributed by atoms with E-state index in [4.69, 9.17) is 24.2 Å². The second-order valence-electron chi connectivity index (χ2n) is 12.3. The number of hydrogen-bond donors (Lipinski definition) is 1. The van der Waals surface area contributed by atoms with Crippen molar-refractivity contribution in [2.24, 2.45) is 0 Å². The van der Waals surface area contributed by atoms with Gasteiger partial charge in [0, 0.05) is 55.8 Å². The standard InChI is InChI=1S/C29H43N7O5/c1-7-26(37)35-19-9-8-10-20(35)15-21(14-19)34(6)27-31-23(16-25(32-27)40-22-11-12-39-17-22)30-24-13-18(2)36(33-24)28(38)41-29(3,4)5/h13,16,19-22H,7-12,14-15,17H2,1-6H3,(H,30,31,32,33)/t19-,20+,21+,22-/m1/s1. The molecule has 3 aliphatic heterocycles. The zero-order chi connectivity index (χ0) is 29.3. The molecule has 0 aromatic carbocycles. The summed E-state index contributed by atoms with van der Waals surface area (Å²) in [7, 11) is 2.01. The molecule has 12 heteroatoms. The average Bonchev–Trinajstić information content (AvgIpc) is 3.55. The Kier molecular flexibility index (Phi) is 8.40. The number of ether oxygens (including phenoxy) is 3. The van der Waals surface area contributed by atoms with Crippen LogP contribution in [0.25, 0.3) is 0 Å². The fraction of sp³-hybridized carbons (Fsp3) is 0.690. The maximum Gasteiger partial charge on any atom is 0.435 e. The summed E-state index contributed by atoms with van der Waals surface area (Å²) in [5.41, 5.74) is -0.00297. The molecule has 3 fully saturated rings. The number of piperidine rings is 2. The second-order valence-corrected chi connectivity index (χ2v) is 12.3. The maximum absolute atomic E-state index is 12.7. The largest absolute Gasteiger partial charge is 0.472 e. The van der Waals surface area contributed by atoms with E-state index in [1.165, 1.54) is 4.68 Å². The summed E-state index contributed by atoms with van der Waals surface area (Å²) in [6.45, 7) is 10.4. The second kappa shape index (κ2) is 11.8. The molecule has 0 saturated carbocycles. The van der Waals surface area contributed by atoms with Gasteiger partial charge in [0.1, 0.15) is 17.5 Å². The van der Waals surface area contributed by atoms with E-state index >= 15 is 0 Å². The number of carbonyl (C=O) groups is 2. The lowest BCUT2D eigenvalue weighted by molar-refractivity contribution is -0.140. The normalized spacial score (nSPS) is 24.2. The van der Waals surface area contributed by atoms with Gasteiger partial charge in [-0.2, -0.15) is 14.6 Å². The Morgan fingerprint density at radius 2 is 1.85 bits per heavy atom. The molecule has 12 nitrogen and oxygen atoms in total. The van der Waals surface area contributed by atoms with E-state index in [9.17, 15) is 9.59 Å². The first-order chi connectivity index (χ1) is 19.5. The first kappa shape index (κ1) is 29.1. The molecule has 2 bridgehead atoms. The van der Waals surface area contributed by atoms with Crippen LogP contribution in [-0.2, 0) is 14.3 Å². The van der Waals surface area contributed by atoms with Crippen LogP contribution in [0, 0.1) is 6.92 Å². The smallest absolute Gasteiger partial charge is 0.435 e. The predicted octanol–water partition coefficient (Wildman–Crippen LogP) is 4.43. The minimum atomic E-state index is -0.635. The average molecular weight is 570 g/mol. The molecule has 0 unspecified atom stereocenters. The molecule has 0 spiro atoms. The van der Waals surface area contributed by atoms with Crippen LogP contribution in [-0.4, -0.2) is 86.7 Å². The van der Waals surface area contributed by atoms with Gasteiger partial charge in [0.15, 0.2) is 5.82 Å². The van der Waals surface area contributed by atoms with Gasteiger partial charge in [-0.15, -0.1) is 5.10 Å². The summed E-state index contributed by atoms with van der Waals surface area (Å²) >= 11 is 0. The van der Waals surface area contributed by atoms with Gasteiger partial charge in [-0.05, 0) is 59.8 Å². The highest BCUT2D eigenvalue weighted by atomic mass is 16.6. The third-order valence-corrected chi connectivity index (χ3v) is 7.98. The fourth-order valence-corrected chi connectivity index (χ4v) is 6.05. The van der Waals surface area contributed by atoms with Crippen molar-refractivity contribution in [2.75, 3.05) is 30.5 Å². The zero-order valence-corrected chi connectivity index (χ0v) is 25.1. The van der Waals surface area contributed by atoms with E-state index in [1.807, 2.05) is 34.7 Å². The molecule has 3 saturated heterocycles. The van der Waals surface area contributed by atoms with Crippen molar-refractivity contribution < 1.29 is 23.8 Å². The fourth-order valence-electron chi connectivity index (χ4n) is 6.05. The van der Waals surface area contributed by atoms with Crippen molar-refractivity contribution in [2.45, 2.75) is 109 Å². The molecule has 4 atom stereocenters. The monoisotopic (exact) mass is 569 g/mol. The number of rotatable bonds is 7. The van der Waals surface area contributed by atoms with Gasteiger partial charge in [0.2, 0.25) is 17.7 Å². The summed E-state index contributed by atoms with van der Waals surface area (Å²) in [5.74, 6) is 2.19. The van der Waals surface area contributed by atoms with E-state index in [0.29, 0.717) is 48.8 Å². The summed E-state index contributed by atoms with van der Waals surface area (Å²) in [4.78, 5) is 39.2. The molecule has 3 aliphatic rings. The van der Waals surface area contributed by atoms with Crippen LogP contribution in [0.3, 0.4) is 0 Å². The van der Waals surface area contributed by atoms with E-state index in [1.54, 1.807) is 19.1 Å². The number of nitrogens with zero attached hydrogens (tertiary/aromatic N) is 6. The third kappa shape index (κ3) is 6.74. The highest BCUT2D eigenvalue weighted by Gasteiger charge is 2.42. The van der Waals surface area contributed by atoms with Crippen molar-refractivity contribution in [1.82, 2.24) is 24.6 Å². The highest BCUT2D eigenvalue weighted by Crippen LogP contribution is 2.37. The Balaban J connectivity index is 1.39. The van der Waals surface area contributed by atoms with Gasteiger partial charge in [-0.1, -0.05) is 6.92 Å². The van der Waals surface area contributed by atoms with Crippen LogP contribution in [0.2, 0.25) is 0 Å². The molecule has 2 aromatic heterocycles. The first-order valence-corrected chi connectivity index (χ1v) is 14.7. The van der Waals surface area contributed by atoms with Gasteiger partial charge in [-0.25, -0.2) is 4.79 Å². The van der Waals surface area contributed by atoms with E-state index in [0.717, 1.165) is 38.5 Å². The summed E-state index contributed by atoms with van der Waals surface area (Å²) < 4.78 is 18.4. The minimum absolute atomic E-state index is 0.0767. The third-order valence-electron chi connectivity index (χ3n) is 7.98. The van der Waals surface area contributed by atoms with E-state index < -0.39 is 11.7 Å². The molecule has 0 aliphatic carbocycles. The van der Waals surface area contributed by atoms with Crippen molar-refractivity contribution >= 4 is 29.6 Å². The molecule has 41 heavy (non-hydrogen) atoms. The Bertz CT molecular complexity index is 1240. The number of amides is 1. The zero-order valence-electron chi connectivity index (χ0n) is 25.1. The highest BCUT2D eigenvalue weighted by molar-refractivity contribution is 5.77. The topological polar surface area (TPSA) is 124 Å². The number of carbonyl (C=O) groups excluding carboxylic acids is 2. The van der Waals surface area contributed by atoms with Crippen LogP contribution >= 0.6 is 0 Å². The number of hydrogen-bond acceptors (Lipinski definition) is 10. The van der Waals surface area contributed by atoms with Crippen LogP contribution in [0.15, 0.2) is 12.1 Å². The van der Waals surface area contributed by atoms with Crippen LogP contribution in [0.1, 0.15) is 78.3 Å². The van der Waals surface area contributed by atoms with Crippen molar-refractivity contribution in [3.05, 3.63) is 17.8 Å². The summed E-state index contributed by atoms with van der Waals surface area (Å²) in [6.07, 6.45) is 5.70. The SMILES string of the molecule is CCC(=O)N1[C@@H]2CCC[C@H]1C[C@@H](N(C)c1nc(Nc3cc(C)n(C(=O)OC(C)(C)C)n3)cc(O[C@@H]3CCOC3)n1)C2. The molecular formula is C29H43N7O5. The van der Waals surface area contributed by atoms with Crippen molar-refractivity contribution in [1.29, 1.82) is 0 Å². The number of aromatic nitrogens is 4. The summed E-state index contributed by atoms with van der Waals surface area (Å²) in [6, 6.07) is 4.19. The number of anilines is 3. The van der Waals surface area contributed by atoms with Gasteiger partial charge < -0.3 is 29.3 Å². The Hall–Kier alpha value is -3.41. The van der Waals surface area contributed by atoms with Crippen LogP contribution < -0.4 is 15.0 Å². The van der Waals surface area contributed by atoms with Gasteiger partial charge >= 0.3 is 6.09 Å². The van der Waals surface area contributed by atoms with Gasteiger partial charge in [-0.3, -0.25) is 4.79 Å². The van der Waals surface area contributed by atoms with E-state index in [-0.39, 0.29) is 30.1 Å². The van der Waals surface area contributed by atoms with Gasteiger partial charge in [0.05, 0.1) is 13.2 Å². The Labute approximate surface area is 241 Å². The molecule has 224 valence electrons. The lowest BCUT2D eigenvalue weighted by Crippen LogP contribution is -2.58. The molecule has 1 N–H and O–H groups in total. The molecule has 2 aromatic rings. The lowest BCUT2D eigenvalue weighted by atomic mass is 9.81. The molecule has 1 amide bonds. The summed E-state index contributed by atoms with van der Waals surface area (Å²) in [5, 5.41) is 7.65. The van der Waals surface area contributed by atoms with Crippen LogP contribution in [0.5, 0.6) is 5.88 Å². The quantitative estimate of drug-likeness (QED) is 0.512. The predicted molar refractivity (Wildman–Crippen MR) is 154 cm³/mol. The molecule has 5 rings (SSSR count).